The second-order valence-electron chi connectivity index (χ2n) is 11.8. The van der Waals surface area contributed by atoms with Gasteiger partial charge in [-0.15, -0.1) is 0 Å². The number of carbonyl (C=O) groups is 5. The molecule has 0 bridgehead atoms. The molecule has 2 amide bonds. The number of rotatable bonds is 13. The van der Waals surface area contributed by atoms with Crippen molar-refractivity contribution in [2.75, 3.05) is 34.0 Å². The van der Waals surface area contributed by atoms with Gasteiger partial charge >= 0.3 is 29.9 Å². The van der Waals surface area contributed by atoms with Crippen LogP contribution in [0, 0.1) is 22.2 Å². The second kappa shape index (κ2) is 16.7. The van der Waals surface area contributed by atoms with Gasteiger partial charge in [-0.05, 0) is 63.0 Å². The SMILES string of the molecule is CCOC(=O)CNC(=O)NC(C(C)C)C(CC(OC(=O)C(C)(C)C)SC(=S)OCC(C)(C)C)(C(=O)OC)C(=O)OC. The zero-order valence-corrected chi connectivity index (χ0v) is 27.6. The summed E-state index contributed by atoms with van der Waals surface area (Å²) in [6.45, 7) is 15.7. The molecular weight excluding hydrogens is 576 g/mol. The van der Waals surface area contributed by atoms with E-state index < -0.39 is 71.1 Å². The summed E-state index contributed by atoms with van der Waals surface area (Å²) in [5.41, 5.74) is -4.59. The molecule has 0 spiro atoms. The summed E-state index contributed by atoms with van der Waals surface area (Å²) in [5, 5.41) is 4.95. The van der Waals surface area contributed by atoms with E-state index in [9.17, 15) is 24.0 Å². The van der Waals surface area contributed by atoms with Crippen molar-refractivity contribution < 1.29 is 47.7 Å². The zero-order chi connectivity index (χ0) is 32.2. The molecule has 0 aromatic heterocycles. The first-order chi connectivity index (χ1) is 18.7. The van der Waals surface area contributed by atoms with Crippen molar-refractivity contribution in [1.29, 1.82) is 0 Å². The predicted molar refractivity (Wildman–Crippen MR) is 158 cm³/mol. The first kappa shape index (κ1) is 38.4. The smallest absolute Gasteiger partial charge is 0.325 e. The highest BCUT2D eigenvalue weighted by Crippen LogP contribution is 2.40. The number of hydrogen-bond acceptors (Lipinski definition) is 12. The van der Waals surface area contributed by atoms with Gasteiger partial charge in [0.25, 0.3) is 0 Å². The van der Waals surface area contributed by atoms with Crippen LogP contribution in [0.2, 0.25) is 0 Å². The van der Waals surface area contributed by atoms with Crippen LogP contribution in [0.1, 0.15) is 68.7 Å². The Morgan fingerprint density at radius 3 is 1.83 bits per heavy atom. The monoisotopic (exact) mass is 622 g/mol. The van der Waals surface area contributed by atoms with Crippen molar-refractivity contribution in [2.24, 2.45) is 22.2 Å². The number of nitrogens with one attached hydrogen (secondary N) is 2. The molecule has 0 rings (SSSR count). The number of thiocarbonyl (C=S) groups is 1. The number of carbonyl (C=O) groups excluding carboxylic acids is 5. The van der Waals surface area contributed by atoms with Crippen LogP contribution in [0.3, 0.4) is 0 Å². The second-order valence-corrected chi connectivity index (χ2v) is 13.6. The lowest BCUT2D eigenvalue weighted by atomic mass is 9.72. The van der Waals surface area contributed by atoms with Crippen molar-refractivity contribution in [3.05, 3.63) is 0 Å². The normalized spacial score (nSPS) is 13.4. The maximum Gasteiger partial charge on any atom is 0.325 e. The third-order valence-electron chi connectivity index (χ3n) is 5.47. The van der Waals surface area contributed by atoms with E-state index in [1.54, 1.807) is 41.5 Å². The van der Waals surface area contributed by atoms with Gasteiger partial charge in [0.2, 0.25) is 4.38 Å². The highest BCUT2D eigenvalue weighted by atomic mass is 32.2. The molecule has 0 fully saturated rings. The average Bonchev–Trinajstić information content (AvgIpc) is 2.86. The van der Waals surface area contributed by atoms with Crippen LogP contribution in [-0.2, 0) is 42.9 Å². The Morgan fingerprint density at radius 2 is 1.41 bits per heavy atom. The van der Waals surface area contributed by atoms with Crippen molar-refractivity contribution in [3.63, 3.8) is 0 Å². The zero-order valence-electron chi connectivity index (χ0n) is 26.0. The molecule has 41 heavy (non-hydrogen) atoms. The van der Waals surface area contributed by atoms with E-state index >= 15 is 0 Å². The lowest BCUT2D eigenvalue weighted by Crippen LogP contribution is -2.62. The molecule has 2 unspecified atom stereocenters. The number of urea groups is 1. The maximum atomic E-state index is 13.5. The highest BCUT2D eigenvalue weighted by Gasteiger charge is 2.58. The van der Waals surface area contributed by atoms with E-state index in [-0.39, 0.29) is 23.0 Å². The Labute approximate surface area is 252 Å². The molecule has 2 atom stereocenters. The maximum absolute atomic E-state index is 13.5. The Balaban J connectivity index is 6.66. The molecule has 0 heterocycles. The summed E-state index contributed by atoms with van der Waals surface area (Å²) in [6.07, 6.45) is -0.487. The molecule has 0 aromatic rings. The molecule has 12 nitrogen and oxygen atoms in total. The van der Waals surface area contributed by atoms with Gasteiger partial charge in [-0.25, -0.2) is 4.79 Å². The number of amides is 2. The molecule has 0 aromatic carbocycles. The Bertz CT molecular complexity index is 925. The molecule has 14 heteroatoms. The number of thioether (sulfide) groups is 1. The van der Waals surface area contributed by atoms with Crippen LogP contribution in [0.4, 0.5) is 4.79 Å². The van der Waals surface area contributed by atoms with E-state index in [2.05, 4.69) is 10.6 Å². The van der Waals surface area contributed by atoms with Crippen LogP contribution in [0.15, 0.2) is 0 Å². The largest absolute Gasteiger partial charge is 0.478 e. The summed E-state index contributed by atoms with van der Waals surface area (Å²) >= 11 is 6.22. The van der Waals surface area contributed by atoms with Crippen molar-refractivity contribution in [2.45, 2.75) is 80.2 Å². The fourth-order valence-corrected chi connectivity index (χ4v) is 4.70. The minimum Gasteiger partial charge on any atom is -0.478 e. The van der Waals surface area contributed by atoms with Crippen molar-refractivity contribution in [3.8, 4) is 0 Å². The van der Waals surface area contributed by atoms with E-state index in [4.69, 9.17) is 35.9 Å². The minimum absolute atomic E-state index is 0.0245. The van der Waals surface area contributed by atoms with E-state index in [0.29, 0.717) is 0 Å². The summed E-state index contributed by atoms with van der Waals surface area (Å²) in [5.74, 6) is -3.93. The first-order valence-corrected chi connectivity index (χ1v) is 14.4. The van der Waals surface area contributed by atoms with E-state index in [1.165, 1.54) is 0 Å². The fraction of sp³-hybridized carbons (Fsp3) is 0.778. The van der Waals surface area contributed by atoms with Gasteiger partial charge in [0, 0.05) is 6.42 Å². The number of esters is 4. The van der Waals surface area contributed by atoms with Crippen LogP contribution < -0.4 is 10.6 Å². The Kier molecular flexibility index (Phi) is 15.7. The molecular formula is C27H46N2O10S2. The summed E-state index contributed by atoms with van der Waals surface area (Å²) in [6, 6.07) is -2.10. The van der Waals surface area contributed by atoms with Crippen LogP contribution >= 0.6 is 24.0 Å². The van der Waals surface area contributed by atoms with Gasteiger partial charge in [-0.1, -0.05) is 34.6 Å². The van der Waals surface area contributed by atoms with Crippen LogP contribution in [0.5, 0.6) is 0 Å². The molecule has 0 aliphatic heterocycles. The first-order valence-electron chi connectivity index (χ1n) is 13.2. The van der Waals surface area contributed by atoms with Gasteiger partial charge < -0.3 is 34.3 Å². The minimum atomic E-state index is -2.20. The number of hydrogen-bond donors (Lipinski definition) is 2. The molecule has 0 radical (unpaired) electrons. The predicted octanol–water partition coefficient (Wildman–Crippen LogP) is 3.59. The summed E-state index contributed by atoms with van der Waals surface area (Å²) < 4.78 is 26.4. The average molecular weight is 623 g/mol. The molecule has 0 saturated carbocycles. The van der Waals surface area contributed by atoms with Crippen LogP contribution in [-0.4, -0.2) is 79.7 Å². The van der Waals surface area contributed by atoms with Crippen molar-refractivity contribution in [1.82, 2.24) is 10.6 Å². The lowest BCUT2D eigenvalue weighted by molar-refractivity contribution is -0.177. The molecule has 0 aliphatic rings. The van der Waals surface area contributed by atoms with Gasteiger partial charge in [0.15, 0.2) is 10.9 Å². The van der Waals surface area contributed by atoms with Gasteiger partial charge in [-0.3, -0.25) is 19.2 Å². The third kappa shape index (κ3) is 12.8. The summed E-state index contributed by atoms with van der Waals surface area (Å²) in [7, 11) is 2.16. The van der Waals surface area contributed by atoms with Gasteiger partial charge in [0.1, 0.15) is 6.54 Å². The summed E-state index contributed by atoms with van der Waals surface area (Å²) in [4.78, 5) is 64.5. The molecule has 0 aliphatic carbocycles. The fourth-order valence-electron chi connectivity index (χ4n) is 3.49. The molecule has 236 valence electrons. The topological polar surface area (TPSA) is 156 Å². The lowest BCUT2D eigenvalue weighted by Gasteiger charge is -2.40. The Hall–Kier alpha value is -2.61. The molecule has 0 saturated heterocycles. The third-order valence-corrected chi connectivity index (χ3v) is 6.71. The quantitative estimate of drug-likeness (QED) is 0.101. The molecule has 2 N–H and O–H groups in total. The van der Waals surface area contributed by atoms with E-state index in [0.717, 1.165) is 26.0 Å². The van der Waals surface area contributed by atoms with E-state index in [1.807, 2.05) is 20.8 Å². The number of ether oxygens (including phenoxy) is 5. The number of methoxy groups -OCH3 is 2. The standard InChI is InChI=1S/C27H46N2O10S2/c1-12-37-17(30)14-28-23(34)29-19(16(2)3)27(21(32)35-10,22(33)36-11)13-18(39-20(31)26(7,8)9)41-24(40)38-15-25(4,5)6/h16,18-19H,12-15H2,1-11H3,(H2,28,29,34). The van der Waals surface area contributed by atoms with Gasteiger partial charge in [-0.2, -0.15) is 0 Å². The highest BCUT2D eigenvalue weighted by molar-refractivity contribution is 8.22. The van der Waals surface area contributed by atoms with Crippen LogP contribution in [0.25, 0.3) is 0 Å². The van der Waals surface area contributed by atoms with Gasteiger partial charge in [0.05, 0.1) is 38.9 Å². The van der Waals surface area contributed by atoms with Crippen molar-refractivity contribution >= 4 is 58.3 Å². The Morgan fingerprint density at radius 1 is 0.878 bits per heavy atom.